The Bertz CT molecular complexity index is 776. The molecule has 1 aromatic rings. The van der Waals surface area contributed by atoms with E-state index in [1.807, 2.05) is 26.0 Å². The van der Waals surface area contributed by atoms with Crippen LogP contribution in [0.25, 0.3) is 0 Å². The number of ketones is 1. The monoisotopic (exact) mass is 371 g/mol. The topological polar surface area (TPSA) is 80.8 Å². The van der Waals surface area contributed by atoms with E-state index < -0.39 is 18.6 Å². The minimum atomic E-state index is -1.01. The van der Waals surface area contributed by atoms with Gasteiger partial charge >= 0.3 is 5.97 Å². The second-order valence-electron chi connectivity index (χ2n) is 7.57. The maximum Gasteiger partial charge on any atom is 0.329 e. The van der Waals surface area contributed by atoms with E-state index in [0.29, 0.717) is 18.4 Å². The predicted molar refractivity (Wildman–Crippen MR) is 98.0 cm³/mol. The van der Waals surface area contributed by atoms with E-state index in [1.165, 1.54) is 6.92 Å². The number of ether oxygens (including phenoxy) is 1. The van der Waals surface area contributed by atoms with Gasteiger partial charge in [-0.25, -0.2) is 4.79 Å². The van der Waals surface area contributed by atoms with Crippen LogP contribution in [0.4, 0.5) is 0 Å². The SMILES string of the molecule is Cc1ccc(C(=O)COC(=O)[C@H](C)N2C(=O)[C@@H]3CCCC[C@H]3C2=O)c(C)c1. The fourth-order valence-corrected chi connectivity index (χ4v) is 4.14. The first-order valence-electron chi connectivity index (χ1n) is 9.45. The number of fused-ring (bicyclic) bond motifs is 1. The molecule has 0 spiro atoms. The molecule has 1 aliphatic carbocycles. The fourth-order valence-electron chi connectivity index (χ4n) is 4.14. The predicted octanol–water partition coefficient (Wildman–Crippen LogP) is 2.59. The van der Waals surface area contributed by atoms with Crippen LogP contribution in [0, 0.1) is 25.7 Å². The molecule has 0 bridgehead atoms. The van der Waals surface area contributed by atoms with Crippen LogP contribution in [-0.2, 0) is 19.1 Å². The number of Topliss-reactive ketones (excluding diaryl/α,β-unsaturated/α-hetero) is 1. The van der Waals surface area contributed by atoms with Crippen molar-refractivity contribution in [2.45, 2.75) is 52.5 Å². The number of amides is 2. The summed E-state index contributed by atoms with van der Waals surface area (Å²) in [7, 11) is 0. The van der Waals surface area contributed by atoms with Crippen LogP contribution in [0.1, 0.15) is 54.1 Å². The van der Waals surface area contributed by atoms with Crippen LogP contribution >= 0.6 is 0 Å². The van der Waals surface area contributed by atoms with E-state index >= 15 is 0 Å². The van der Waals surface area contributed by atoms with Crippen molar-refractivity contribution in [3.63, 3.8) is 0 Å². The number of likely N-dealkylation sites (tertiary alicyclic amines) is 1. The zero-order chi connectivity index (χ0) is 19.7. The summed E-state index contributed by atoms with van der Waals surface area (Å²) in [4.78, 5) is 50.9. The first-order chi connectivity index (χ1) is 12.8. The molecule has 6 nitrogen and oxygen atoms in total. The van der Waals surface area contributed by atoms with Crippen LogP contribution in [0.5, 0.6) is 0 Å². The van der Waals surface area contributed by atoms with Gasteiger partial charge < -0.3 is 4.74 Å². The number of aryl methyl sites for hydroxylation is 2. The molecule has 2 amide bonds. The Labute approximate surface area is 158 Å². The zero-order valence-corrected chi connectivity index (χ0v) is 16.0. The van der Waals surface area contributed by atoms with E-state index in [-0.39, 0.29) is 29.4 Å². The van der Waals surface area contributed by atoms with Crippen LogP contribution in [0.2, 0.25) is 0 Å². The molecule has 3 rings (SSSR count). The quantitative estimate of drug-likeness (QED) is 0.451. The van der Waals surface area contributed by atoms with Gasteiger partial charge in [-0.2, -0.15) is 0 Å². The Morgan fingerprint density at radius 2 is 1.70 bits per heavy atom. The van der Waals surface area contributed by atoms with E-state index in [0.717, 1.165) is 28.9 Å². The molecular formula is C21H25NO5. The third-order valence-electron chi connectivity index (χ3n) is 5.63. The van der Waals surface area contributed by atoms with Gasteiger partial charge in [0.05, 0.1) is 11.8 Å². The summed E-state index contributed by atoms with van der Waals surface area (Å²) in [5.41, 5.74) is 2.36. The summed E-state index contributed by atoms with van der Waals surface area (Å²) in [5.74, 6) is -2.21. The summed E-state index contributed by atoms with van der Waals surface area (Å²) in [6.07, 6.45) is 3.24. The highest BCUT2D eigenvalue weighted by Gasteiger charge is 2.51. The van der Waals surface area contributed by atoms with Crippen molar-refractivity contribution in [1.82, 2.24) is 4.90 Å². The van der Waals surface area contributed by atoms with Gasteiger partial charge in [-0.15, -0.1) is 0 Å². The minimum absolute atomic E-state index is 0.283. The van der Waals surface area contributed by atoms with E-state index in [1.54, 1.807) is 6.07 Å². The number of benzene rings is 1. The Morgan fingerprint density at radius 1 is 1.11 bits per heavy atom. The standard InChI is InChI=1S/C21H25NO5/c1-12-8-9-15(13(2)10-12)18(23)11-27-21(26)14(3)22-19(24)16-6-4-5-7-17(16)20(22)25/h8-10,14,16-17H,4-7,11H2,1-3H3/t14-,16+,17+/m0/s1. The van der Waals surface area contributed by atoms with Gasteiger partial charge in [0.25, 0.3) is 0 Å². The second kappa shape index (κ2) is 7.62. The number of rotatable bonds is 5. The lowest BCUT2D eigenvalue weighted by molar-refractivity contribution is -0.157. The van der Waals surface area contributed by atoms with Gasteiger partial charge in [-0.05, 0) is 39.2 Å². The summed E-state index contributed by atoms with van der Waals surface area (Å²) in [5, 5.41) is 0. The molecule has 6 heteroatoms. The van der Waals surface area contributed by atoms with Gasteiger partial charge in [-0.1, -0.05) is 36.6 Å². The largest absolute Gasteiger partial charge is 0.456 e. The van der Waals surface area contributed by atoms with Crippen LogP contribution in [0.3, 0.4) is 0 Å². The average Bonchev–Trinajstić information content (AvgIpc) is 2.90. The molecule has 0 aromatic heterocycles. The maximum absolute atomic E-state index is 12.6. The average molecular weight is 371 g/mol. The number of nitrogens with zero attached hydrogens (tertiary/aromatic N) is 1. The molecule has 1 heterocycles. The molecule has 3 atom stereocenters. The third-order valence-corrected chi connectivity index (χ3v) is 5.63. The first-order valence-corrected chi connectivity index (χ1v) is 9.45. The summed E-state index contributed by atoms with van der Waals surface area (Å²) >= 11 is 0. The number of carbonyl (C=O) groups excluding carboxylic acids is 4. The van der Waals surface area contributed by atoms with Crippen molar-refractivity contribution in [2.75, 3.05) is 6.61 Å². The maximum atomic E-state index is 12.6. The Kier molecular flexibility index (Phi) is 5.44. The number of hydrogen-bond acceptors (Lipinski definition) is 5. The highest BCUT2D eigenvalue weighted by molar-refractivity contribution is 6.08. The van der Waals surface area contributed by atoms with Crippen molar-refractivity contribution in [1.29, 1.82) is 0 Å². The van der Waals surface area contributed by atoms with Gasteiger partial charge in [0.2, 0.25) is 17.6 Å². The van der Waals surface area contributed by atoms with Crippen molar-refractivity contribution in [3.8, 4) is 0 Å². The summed E-state index contributed by atoms with van der Waals surface area (Å²) in [6.45, 7) is 4.84. The minimum Gasteiger partial charge on any atom is -0.456 e. The highest BCUT2D eigenvalue weighted by atomic mass is 16.5. The van der Waals surface area contributed by atoms with Crippen LogP contribution in [-0.4, -0.2) is 41.1 Å². The molecule has 0 N–H and O–H groups in total. The number of hydrogen-bond donors (Lipinski definition) is 0. The van der Waals surface area contributed by atoms with Crippen LogP contribution < -0.4 is 0 Å². The molecule has 144 valence electrons. The lowest BCUT2D eigenvalue weighted by Crippen LogP contribution is -2.44. The highest BCUT2D eigenvalue weighted by Crippen LogP contribution is 2.38. The van der Waals surface area contributed by atoms with Crippen molar-refractivity contribution >= 4 is 23.6 Å². The van der Waals surface area contributed by atoms with Gasteiger partial charge in [-0.3, -0.25) is 19.3 Å². The lowest BCUT2D eigenvalue weighted by atomic mass is 9.81. The Balaban J connectivity index is 1.63. The van der Waals surface area contributed by atoms with Gasteiger partial charge in [0.1, 0.15) is 6.04 Å². The summed E-state index contributed by atoms with van der Waals surface area (Å²) < 4.78 is 5.13. The Hall–Kier alpha value is -2.50. The third kappa shape index (κ3) is 3.66. The molecule has 1 aromatic carbocycles. The molecular weight excluding hydrogens is 346 g/mol. The number of carbonyl (C=O) groups is 4. The number of imide groups is 1. The molecule has 1 saturated heterocycles. The molecule has 2 aliphatic rings. The normalized spacial score (nSPS) is 23.1. The van der Waals surface area contributed by atoms with E-state index in [4.69, 9.17) is 4.74 Å². The van der Waals surface area contributed by atoms with Gasteiger partial charge in [0, 0.05) is 5.56 Å². The molecule has 27 heavy (non-hydrogen) atoms. The van der Waals surface area contributed by atoms with E-state index in [9.17, 15) is 19.2 Å². The smallest absolute Gasteiger partial charge is 0.329 e. The van der Waals surface area contributed by atoms with Crippen molar-refractivity contribution in [3.05, 3.63) is 34.9 Å². The van der Waals surface area contributed by atoms with Crippen molar-refractivity contribution in [2.24, 2.45) is 11.8 Å². The first kappa shape index (κ1) is 19.3. The summed E-state index contributed by atoms with van der Waals surface area (Å²) in [6, 6.07) is 4.42. The number of esters is 1. The Morgan fingerprint density at radius 3 is 2.26 bits per heavy atom. The molecule has 2 fully saturated rings. The second-order valence-corrected chi connectivity index (χ2v) is 7.57. The van der Waals surface area contributed by atoms with E-state index in [2.05, 4.69) is 0 Å². The zero-order valence-electron chi connectivity index (χ0n) is 16.0. The molecule has 0 radical (unpaired) electrons. The fraction of sp³-hybridized carbons (Fsp3) is 0.524. The van der Waals surface area contributed by atoms with Crippen molar-refractivity contribution < 1.29 is 23.9 Å². The van der Waals surface area contributed by atoms with Gasteiger partial charge in [0.15, 0.2) is 6.61 Å². The lowest BCUT2D eigenvalue weighted by Gasteiger charge is -2.21. The molecule has 1 saturated carbocycles. The molecule has 1 aliphatic heterocycles. The van der Waals surface area contributed by atoms with Crippen LogP contribution in [0.15, 0.2) is 18.2 Å². The molecule has 0 unspecified atom stereocenters.